The average molecular weight is 1050 g/mol. The molecule has 0 fully saturated rings. The fourth-order valence-corrected chi connectivity index (χ4v) is 8.94. The molecule has 0 atom stereocenters. The quantitative estimate of drug-likeness (QED) is 0.169. The van der Waals surface area contributed by atoms with Crippen molar-refractivity contribution >= 4 is 22.1 Å². The molecule has 0 saturated heterocycles. The monoisotopic (exact) mass is 1050 g/mol. The van der Waals surface area contributed by atoms with Crippen LogP contribution in [0.4, 0.5) is 0 Å². The first-order chi connectivity index (χ1) is 30.7. The Kier molecular flexibility index (Phi) is 12.0. The maximum atomic E-state index is 12.7. The molecule has 0 aliphatic rings. The van der Waals surface area contributed by atoms with Gasteiger partial charge in [0.25, 0.3) is 0 Å². The van der Waals surface area contributed by atoms with E-state index in [0.29, 0.717) is 11.4 Å². The van der Waals surface area contributed by atoms with E-state index in [9.17, 15) is 5.11 Å². The molecule has 0 aliphatic heterocycles. The second-order valence-electron chi connectivity index (χ2n) is 21.8. The predicted molar refractivity (Wildman–Crippen MR) is 273 cm³/mol. The number of phenolic OH excluding ortho intramolecular Hbond substituents is 1. The van der Waals surface area contributed by atoms with Gasteiger partial charge in [0.2, 0.25) is 0 Å². The fourth-order valence-electron chi connectivity index (χ4n) is 8.94. The molecule has 5 nitrogen and oxygen atoms in total. The van der Waals surface area contributed by atoms with E-state index in [1.165, 1.54) is 5.56 Å². The average Bonchev–Trinajstić information content (AvgIpc) is 3.80. The van der Waals surface area contributed by atoms with E-state index in [0.717, 1.165) is 83.6 Å². The number of nitrogens with zero attached hydrogens (tertiary/aromatic N) is 4. The molecule has 0 aliphatic carbocycles. The molecule has 0 radical (unpaired) electrons. The van der Waals surface area contributed by atoms with Crippen LogP contribution in [-0.2, 0) is 42.7 Å². The van der Waals surface area contributed by atoms with Crippen LogP contribution in [0.2, 0.25) is 0 Å². The number of phenols is 1. The first-order valence-electron chi connectivity index (χ1n) is 22.9. The third-order valence-electron chi connectivity index (χ3n) is 12.8. The minimum Gasteiger partial charge on any atom is -0.507 e. The van der Waals surface area contributed by atoms with Gasteiger partial charge in [0.1, 0.15) is 11.3 Å². The molecule has 66 heavy (non-hydrogen) atoms. The molecule has 0 amide bonds. The number of fused-ring (bicyclic) bond motifs is 3. The standard InChI is InChI=1S/C60H61N4O.Pt/c1-57(2,3)42-27-28-52(47(35-42)39-23-17-14-18-24-39)64-53-46-25-19-20-26-51(46)63(56(53)62-55(64)48-36-44(59(7,8)9)37-49(54(48)65)60(10,11)12)45-32-41(31-43(34-45)58(4,5)6)50-33-40(29-30-61-50)38-21-15-13-16-22-38;/h13-31,33-37,65H,1-12H3;/q-1;. The van der Waals surface area contributed by atoms with Crippen LogP contribution in [0.5, 0.6) is 5.75 Å². The fraction of sp³-hybridized carbons (Fsp3) is 0.267. The molecular weight excluding hydrogens is 988 g/mol. The van der Waals surface area contributed by atoms with Crippen molar-refractivity contribution in [2.75, 3.05) is 0 Å². The third-order valence-corrected chi connectivity index (χ3v) is 12.8. The maximum absolute atomic E-state index is 12.7. The molecule has 9 aromatic rings. The number of pyridine rings is 1. The molecule has 0 unspecified atom stereocenters. The Hall–Kier alpha value is -6.03. The van der Waals surface area contributed by atoms with E-state index in [-0.39, 0.29) is 48.5 Å². The van der Waals surface area contributed by atoms with E-state index in [2.05, 4.69) is 232 Å². The molecule has 6 aromatic carbocycles. The van der Waals surface area contributed by atoms with Gasteiger partial charge >= 0.3 is 0 Å². The minimum absolute atomic E-state index is 0. The van der Waals surface area contributed by atoms with Crippen molar-refractivity contribution in [2.24, 2.45) is 0 Å². The van der Waals surface area contributed by atoms with Crippen molar-refractivity contribution in [3.8, 4) is 62.0 Å². The van der Waals surface area contributed by atoms with Crippen molar-refractivity contribution < 1.29 is 26.2 Å². The van der Waals surface area contributed by atoms with Gasteiger partial charge < -0.3 is 14.7 Å². The van der Waals surface area contributed by atoms with Gasteiger partial charge in [-0.25, -0.2) is 4.98 Å². The molecule has 338 valence electrons. The molecule has 3 aromatic heterocycles. The third kappa shape index (κ3) is 8.59. The predicted octanol–water partition coefficient (Wildman–Crippen LogP) is 15.7. The van der Waals surface area contributed by atoms with Crippen LogP contribution in [0.1, 0.15) is 105 Å². The molecular formula is C60H61N4OPt-. The number of aromatic hydroxyl groups is 1. The van der Waals surface area contributed by atoms with Gasteiger partial charge in [-0.3, -0.25) is 4.57 Å². The summed E-state index contributed by atoms with van der Waals surface area (Å²) in [5.74, 6) is 0.921. The van der Waals surface area contributed by atoms with E-state index >= 15 is 0 Å². The van der Waals surface area contributed by atoms with Gasteiger partial charge in [0.15, 0.2) is 11.5 Å². The number of imidazole rings is 1. The molecule has 0 bridgehead atoms. The Morgan fingerprint density at radius 3 is 1.74 bits per heavy atom. The van der Waals surface area contributed by atoms with Crippen molar-refractivity contribution in [3.05, 3.63) is 174 Å². The zero-order valence-electron chi connectivity index (χ0n) is 40.4. The second kappa shape index (κ2) is 17.0. The summed E-state index contributed by atoms with van der Waals surface area (Å²) in [7, 11) is 0. The van der Waals surface area contributed by atoms with Gasteiger partial charge in [-0.1, -0.05) is 180 Å². The SMILES string of the molecule is CC(C)(C)c1cc(-c2cc(-c3ccccc3)ccn2)[c-]c(-n2c3ccccc3c3c2nc(-c2cc(C(C)(C)C)cc(C(C)(C)C)c2O)n3-c2ccc(C(C)(C)C)cc2-c2ccccc2)c1.[Pt]. The van der Waals surface area contributed by atoms with Crippen molar-refractivity contribution in [1.82, 2.24) is 19.1 Å². The number of benzene rings is 6. The summed E-state index contributed by atoms with van der Waals surface area (Å²) in [6.45, 7) is 26.8. The number of aromatic nitrogens is 4. The van der Waals surface area contributed by atoms with E-state index in [1.807, 2.05) is 12.3 Å². The van der Waals surface area contributed by atoms with Crippen LogP contribution >= 0.6 is 0 Å². The smallest absolute Gasteiger partial charge is 0.163 e. The van der Waals surface area contributed by atoms with Crippen LogP contribution in [-0.4, -0.2) is 24.2 Å². The van der Waals surface area contributed by atoms with E-state index in [1.54, 1.807) is 0 Å². The molecule has 0 spiro atoms. The normalized spacial score (nSPS) is 12.5. The van der Waals surface area contributed by atoms with Crippen molar-refractivity contribution in [3.63, 3.8) is 0 Å². The Morgan fingerprint density at radius 2 is 1.11 bits per heavy atom. The minimum atomic E-state index is -0.340. The largest absolute Gasteiger partial charge is 0.507 e. The van der Waals surface area contributed by atoms with Gasteiger partial charge in [0.05, 0.1) is 16.8 Å². The first kappa shape index (κ1) is 46.5. The summed E-state index contributed by atoms with van der Waals surface area (Å²) < 4.78 is 4.59. The first-order valence-corrected chi connectivity index (χ1v) is 22.9. The summed E-state index contributed by atoms with van der Waals surface area (Å²) >= 11 is 0. The number of hydrogen-bond donors (Lipinski definition) is 1. The van der Waals surface area contributed by atoms with Crippen LogP contribution in [0.15, 0.2) is 146 Å². The zero-order chi connectivity index (χ0) is 46.2. The Bertz CT molecular complexity index is 3240. The van der Waals surface area contributed by atoms with Crippen LogP contribution in [0.25, 0.3) is 78.3 Å². The molecule has 3 heterocycles. The Balaban J connectivity index is 0.00000592. The molecule has 1 N–H and O–H groups in total. The van der Waals surface area contributed by atoms with Crippen LogP contribution < -0.4 is 0 Å². The van der Waals surface area contributed by atoms with Gasteiger partial charge in [0, 0.05) is 43.8 Å². The van der Waals surface area contributed by atoms with E-state index in [4.69, 9.17) is 9.97 Å². The van der Waals surface area contributed by atoms with Gasteiger partial charge in [-0.05, 0) is 91.2 Å². The Morgan fingerprint density at radius 1 is 0.515 bits per heavy atom. The van der Waals surface area contributed by atoms with E-state index < -0.39 is 0 Å². The Labute approximate surface area is 405 Å². The van der Waals surface area contributed by atoms with Crippen LogP contribution in [0, 0.1) is 6.07 Å². The molecule has 9 rings (SSSR count). The summed E-state index contributed by atoms with van der Waals surface area (Å²) in [6, 6.07) is 53.5. The number of hydrogen-bond acceptors (Lipinski definition) is 3. The topological polar surface area (TPSA) is 55.9 Å². The summed E-state index contributed by atoms with van der Waals surface area (Å²) in [5.41, 5.74) is 15.1. The molecule has 0 saturated carbocycles. The van der Waals surface area contributed by atoms with Gasteiger partial charge in [-0.2, -0.15) is 0 Å². The number of para-hydroxylation sites is 1. The summed E-state index contributed by atoms with van der Waals surface area (Å²) in [6.07, 6.45) is 1.89. The summed E-state index contributed by atoms with van der Waals surface area (Å²) in [4.78, 5) is 10.7. The molecule has 6 heteroatoms. The number of rotatable bonds is 6. The van der Waals surface area contributed by atoms with Crippen LogP contribution in [0.3, 0.4) is 0 Å². The summed E-state index contributed by atoms with van der Waals surface area (Å²) in [5, 5.41) is 13.7. The zero-order valence-corrected chi connectivity index (χ0v) is 42.7. The van der Waals surface area contributed by atoms with Crippen molar-refractivity contribution in [2.45, 2.75) is 105 Å². The second-order valence-corrected chi connectivity index (χ2v) is 21.8. The van der Waals surface area contributed by atoms with Gasteiger partial charge in [-0.15, -0.1) is 29.3 Å². The van der Waals surface area contributed by atoms with Crippen molar-refractivity contribution in [1.29, 1.82) is 0 Å². The maximum Gasteiger partial charge on any atom is 0.163 e.